The predicted molar refractivity (Wildman–Crippen MR) is 25.5 cm³/mol. The summed E-state index contributed by atoms with van der Waals surface area (Å²) < 4.78 is 56.7. The highest BCUT2D eigenvalue weighted by Crippen LogP contribution is 2.22. The van der Waals surface area contributed by atoms with Gasteiger partial charge in [-0.15, -0.1) is 0 Å². The van der Waals surface area contributed by atoms with Gasteiger partial charge in [0.15, 0.2) is 6.10 Å². The third kappa shape index (κ3) is 3.80. The molecule has 0 spiro atoms. The molecule has 0 aromatic heterocycles. The van der Waals surface area contributed by atoms with Gasteiger partial charge in [-0.05, 0) is 6.92 Å². The van der Waals surface area contributed by atoms with Crippen molar-refractivity contribution in [3.63, 3.8) is 0 Å². The third-order valence-corrected chi connectivity index (χ3v) is 1.13. The summed E-state index contributed by atoms with van der Waals surface area (Å²) >= 11 is -3.11. The van der Waals surface area contributed by atoms with Gasteiger partial charge in [0, 0.05) is 0 Å². The second-order valence-electron chi connectivity index (χ2n) is 1.48. The van der Waals surface area contributed by atoms with Gasteiger partial charge in [-0.1, -0.05) is 0 Å². The van der Waals surface area contributed by atoms with Crippen LogP contribution in [0.1, 0.15) is 6.92 Å². The first-order chi connectivity index (χ1) is 4.34. The Morgan fingerprint density at radius 3 is 2.10 bits per heavy atom. The Labute approximate surface area is 57.7 Å². The minimum absolute atomic E-state index is 0.607. The molecule has 10 heavy (non-hydrogen) atoms. The monoisotopic (exact) mass is 177 g/mol. The summed E-state index contributed by atoms with van der Waals surface area (Å²) in [6, 6.07) is 0. The van der Waals surface area contributed by atoms with E-state index in [1.165, 1.54) is 0 Å². The fourth-order valence-corrected chi connectivity index (χ4v) is 0.517. The lowest BCUT2D eigenvalue weighted by molar-refractivity contribution is -0.188. The highest BCUT2D eigenvalue weighted by atomic mass is 32.2. The van der Waals surface area contributed by atoms with Crippen molar-refractivity contribution in [2.75, 3.05) is 0 Å². The molecule has 0 fully saturated rings. The molecule has 3 nitrogen and oxygen atoms in total. The lowest BCUT2D eigenvalue weighted by Crippen LogP contribution is -2.29. The van der Waals surface area contributed by atoms with Gasteiger partial charge in [-0.25, -0.2) is 4.21 Å². The van der Waals surface area contributed by atoms with Crippen molar-refractivity contribution in [3.8, 4) is 0 Å². The number of hydrogen-bond acceptors (Lipinski definition) is 3. The van der Waals surface area contributed by atoms with Crippen molar-refractivity contribution in [2.45, 2.75) is 19.2 Å². The second kappa shape index (κ2) is 3.31. The van der Waals surface area contributed by atoms with E-state index < -0.39 is 23.6 Å². The molecule has 0 saturated carbocycles. The van der Waals surface area contributed by atoms with Crippen LogP contribution in [0.3, 0.4) is 0 Å². The van der Waals surface area contributed by atoms with E-state index in [0.29, 0.717) is 6.92 Å². The molecule has 0 aliphatic carbocycles. The highest BCUT2D eigenvalue weighted by molar-refractivity contribution is 7.74. The van der Waals surface area contributed by atoms with Crippen LogP contribution >= 0.6 is 0 Å². The smallest absolute Gasteiger partial charge is 0.415 e. The molecule has 2 atom stereocenters. The van der Waals surface area contributed by atoms with Crippen LogP contribution in [0, 0.1) is 0 Å². The van der Waals surface area contributed by atoms with E-state index in [1.54, 1.807) is 0 Å². The zero-order valence-electron chi connectivity index (χ0n) is 4.84. The van der Waals surface area contributed by atoms with Gasteiger partial charge >= 0.3 is 6.18 Å². The van der Waals surface area contributed by atoms with Crippen LogP contribution in [0.2, 0.25) is 0 Å². The van der Waals surface area contributed by atoms with Crippen molar-refractivity contribution >= 4 is 11.4 Å². The second-order valence-corrected chi connectivity index (χ2v) is 2.08. The number of hydrogen-bond donors (Lipinski definition) is 0. The van der Waals surface area contributed by atoms with Crippen LogP contribution in [0.25, 0.3) is 0 Å². The van der Waals surface area contributed by atoms with E-state index in [0.717, 1.165) is 0 Å². The third-order valence-electron chi connectivity index (χ3n) is 0.684. The Hall–Kier alpha value is -0.140. The summed E-state index contributed by atoms with van der Waals surface area (Å²) in [5, 5.41) is 0. The summed E-state index contributed by atoms with van der Waals surface area (Å²) in [6.07, 6.45) is -6.90. The van der Waals surface area contributed by atoms with Crippen LogP contribution in [-0.2, 0) is 15.5 Å². The topological polar surface area (TPSA) is 49.4 Å². The SMILES string of the molecule is CC(OS(=O)[O-])C(F)(F)F. The molecule has 0 amide bonds. The molecule has 0 radical (unpaired) electrons. The predicted octanol–water partition coefficient (Wildman–Crippen LogP) is 0.748. The number of alkyl halides is 3. The summed E-state index contributed by atoms with van der Waals surface area (Å²) in [5.41, 5.74) is 0. The van der Waals surface area contributed by atoms with E-state index in [2.05, 4.69) is 4.18 Å². The lowest BCUT2D eigenvalue weighted by atomic mass is 10.4. The Morgan fingerprint density at radius 1 is 1.60 bits per heavy atom. The van der Waals surface area contributed by atoms with Crippen molar-refractivity contribution in [1.82, 2.24) is 0 Å². The molecular formula is C3H4F3O3S-. The maximum Gasteiger partial charge on any atom is 0.415 e. The van der Waals surface area contributed by atoms with Crippen molar-refractivity contribution in [1.29, 1.82) is 0 Å². The molecule has 0 aromatic rings. The molecule has 0 heterocycles. The highest BCUT2D eigenvalue weighted by Gasteiger charge is 2.37. The zero-order chi connectivity index (χ0) is 8.36. The van der Waals surface area contributed by atoms with Crippen molar-refractivity contribution in [2.24, 2.45) is 0 Å². The van der Waals surface area contributed by atoms with Gasteiger partial charge in [-0.3, -0.25) is 4.18 Å². The first-order valence-corrected chi connectivity index (χ1v) is 3.17. The molecule has 0 aliphatic rings. The van der Waals surface area contributed by atoms with Crippen molar-refractivity contribution in [3.05, 3.63) is 0 Å². The maximum atomic E-state index is 11.4. The Bertz CT molecular complexity index is 133. The lowest BCUT2D eigenvalue weighted by Gasteiger charge is -2.16. The average Bonchev–Trinajstić information content (AvgIpc) is 1.60. The number of halogens is 3. The minimum atomic E-state index is -4.62. The maximum absolute atomic E-state index is 11.4. The first kappa shape index (κ1) is 9.86. The van der Waals surface area contributed by atoms with Crippen molar-refractivity contribution < 1.29 is 26.1 Å². The fourth-order valence-electron chi connectivity index (χ4n) is 0.172. The van der Waals surface area contributed by atoms with E-state index in [9.17, 15) is 21.9 Å². The molecule has 0 aliphatic heterocycles. The van der Waals surface area contributed by atoms with E-state index in [1.807, 2.05) is 0 Å². The number of rotatable bonds is 2. The van der Waals surface area contributed by atoms with Gasteiger partial charge in [0.2, 0.25) is 0 Å². The van der Waals surface area contributed by atoms with Crippen LogP contribution in [0.5, 0.6) is 0 Å². The molecule has 0 saturated heterocycles. The van der Waals surface area contributed by atoms with E-state index in [-0.39, 0.29) is 0 Å². The summed E-state index contributed by atoms with van der Waals surface area (Å²) in [4.78, 5) is 0. The van der Waals surface area contributed by atoms with Gasteiger partial charge in [0.25, 0.3) is 0 Å². The Morgan fingerprint density at radius 2 is 2.00 bits per heavy atom. The van der Waals surface area contributed by atoms with Crippen LogP contribution in [-0.4, -0.2) is 21.0 Å². The molecule has 0 aromatic carbocycles. The van der Waals surface area contributed by atoms with Crippen LogP contribution in [0.4, 0.5) is 13.2 Å². The quantitative estimate of drug-likeness (QED) is 0.584. The average molecular weight is 177 g/mol. The summed E-state index contributed by atoms with van der Waals surface area (Å²) in [5.74, 6) is 0. The summed E-state index contributed by atoms with van der Waals surface area (Å²) in [6.45, 7) is 0.607. The van der Waals surface area contributed by atoms with Gasteiger partial charge in [0.1, 0.15) is 0 Å². The molecule has 0 rings (SSSR count). The fraction of sp³-hybridized carbons (Fsp3) is 1.00. The normalized spacial score (nSPS) is 18.5. The van der Waals surface area contributed by atoms with Gasteiger partial charge in [0.05, 0.1) is 11.4 Å². The van der Waals surface area contributed by atoms with Gasteiger partial charge in [-0.2, -0.15) is 13.2 Å². The van der Waals surface area contributed by atoms with E-state index >= 15 is 0 Å². The summed E-state index contributed by atoms with van der Waals surface area (Å²) in [7, 11) is 0. The van der Waals surface area contributed by atoms with Crippen LogP contribution in [0.15, 0.2) is 0 Å². The molecule has 7 heteroatoms. The molecule has 0 N–H and O–H groups in total. The minimum Gasteiger partial charge on any atom is -0.750 e. The standard InChI is InChI=1S/C3H5F3O3S/c1-2(3(4,5)6)9-10(7)8/h2H,1H3,(H,7,8)/p-1. The van der Waals surface area contributed by atoms with Crippen LogP contribution < -0.4 is 0 Å². The van der Waals surface area contributed by atoms with Gasteiger partial charge < -0.3 is 4.55 Å². The van der Waals surface area contributed by atoms with E-state index in [4.69, 9.17) is 0 Å². The zero-order valence-corrected chi connectivity index (χ0v) is 5.66. The largest absolute Gasteiger partial charge is 0.750 e. The molecule has 0 bridgehead atoms. The Kier molecular flexibility index (Phi) is 3.26. The molecule has 62 valence electrons. The Balaban J connectivity index is 3.85. The molecular weight excluding hydrogens is 173 g/mol. The first-order valence-electron chi connectivity index (χ1n) is 2.17. The molecule has 2 unspecified atom stereocenters.